The summed E-state index contributed by atoms with van der Waals surface area (Å²) in [5, 5.41) is 4.11. The van der Waals surface area contributed by atoms with Crippen molar-refractivity contribution in [1.29, 1.82) is 0 Å². The average molecular weight is 298 g/mol. The molecule has 1 N–H and O–H groups in total. The van der Waals surface area contributed by atoms with Crippen molar-refractivity contribution in [3.63, 3.8) is 0 Å². The van der Waals surface area contributed by atoms with E-state index in [1.54, 1.807) is 0 Å². The van der Waals surface area contributed by atoms with Gasteiger partial charge >= 0.3 is 0 Å². The molecule has 3 nitrogen and oxygen atoms in total. The predicted molar refractivity (Wildman–Crippen MR) is 87.2 cm³/mol. The van der Waals surface area contributed by atoms with Gasteiger partial charge in [0.2, 0.25) is 5.95 Å². The Morgan fingerprint density at radius 2 is 1.76 bits per heavy atom. The van der Waals surface area contributed by atoms with E-state index in [0.717, 1.165) is 27.9 Å². The third-order valence-electron chi connectivity index (χ3n) is 3.23. The highest BCUT2D eigenvalue weighted by Gasteiger charge is 2.08. The van der Waals surface area contributed by atoms with Crippen molar-refractivity contribution in [3.8, 4) is 0 Å². The monoisotopic (exact) mass is 297 g/mol. The average Bonchev–Trinajstić information content (AvgIpc) is 2.82. The molecule has 0 saturated heterocycles. The van der Waals surface area contributed by atoms with E-state index in [1.165, 1.54) is 0 Å². The second-order valence-corrected chi connectivity index (χ2v) is 5.32. The highest BCUT2D eigenvalue weighted by Crippen LogP contribution is 2.21. The molecule has 0 aliphatic heterocycles. The van der Waals surface area contributed by atoms with Crippen molar-refractivity contribution in [1.82, 2.24) is 9.55 Å². The molecule has 3 aromatic rings. The Morgan fingerprint density at radius 1 is 1.05 bits per heavy atom. The quantitative estimate of drug-likeness (QED) is 0.760. The number of nitrogens with zero attached hydrogens (tertiary/aromatic N) is 2. The fourth-order valence-corrected chi connectivity index (χ4v) is 2.42. The minimum absolute atomic E-state index is 0.690. The number of benzene rings is 2. The predicted octanol–water partition coefficient (Wildman–Crippen LogP) is 4.64. The van der Waals surface area contributed by atoms with Gasteiger partial charge in [-0.15, -0.1) is 0 Å². The van der Waals surface area contributed by atoms with Crippen LogP contribution in [-0.2, 0) is 6.54 Å². The molecule has 1 heterocycles. The zero-order valence-electron chi connectivity index (χ0n) is 11.8. The van der Waals surface area contributed by atoms with Gasteiger partial charge in [-0.1, -0.05) is 48.0 Å². The van der Waals surface area contributed by atoms with Gasteiger partial charge in [0, 0.05) is 16.9 Å². The molecule has 4 heteroatoms. The lowest BCUT2D eigenvalue weighted by atomic mass is 10.2. The first-order valence-electron chi connectivity index (χ1n) is 6.81. The van der Waals surface area contributed by atoms with E-state index < -0.39 is 0 Å². The summed E-state index contributed by atoms with van der Waals surface area (Å²) in [6.07, 6.45) is 2.02. The maximum Gasteiger partial charge on any atom is 0.207 e. The molecule has 0 aliphatic carbocycles. The van der Waals surface area contributed by atoms with Crippen LogP contribution in [0.5, 0.6) is 0 Å². The molecule has 0 atom stereocenters. The zero-order chi connectivity index (χ0) is 14.7. The molecule has 0 bridgehead atoms. The molecule has 0 unspecified atom stereocenters. The van der Waals surface area contributed by atoms with Crippen LogP contribution in [0.25, 0.3) is 0 Å². The minimum atomic E-state index is 0.690. The first-order valence-corrected chi connectivity index (χ1v) is 7.19. The van der Waals surface area contributed by atoms with Gasteiger partial charge in [-0.05, 0) is 30.7 Å². The van der Waals surface area contributed by atoms with Crippen LogP contribution in [-0.4, -0.2) is 9.55 Å². The molecular formula is C17H16ClN3. The SMILES string of the molecule is Cc1cn(Cc2ccccc2Cl)c(Nc2ccccc2)n1. The Morgan fingerprint density at radius 3 is 2.52 bits per heavy atom. The van der Waals surface area contributed by atoms with Crippen LogP contribution < -0.4 is 5.32 Å². The van der Waals surface area contributed by atoms with E-state index in [1.807, 2.05) is 67.7 Å². The normalized spacial score (nSPS) is 10.6. The third kappa shape index (κ3) is 3.26. The number of hydrogen-bond donors (Lipinski definition) is 1. The van der Waals surface area contributed by atoms with Gasteiger partial charge in [0.15, 0.2) is 0 Å². The second-order valence-electron chi connectivity index (χ2n) is 4.92. The molecule has 0 spiro atoms. The Bertz CT molecular complexity index is 735. The fourth-order valence-electron chi connectivity index (χ4n) is 2.23. The number of imidazole rings is 1. The molecule has 0 saturated carbocycles. The zero-order valence-corrected chi connectivity index (χ0v) is 12.5. The first-order chi connectivity index (χ1) is 10.2. The van der Waals surface area contributed by atoms with Crippen molar-refractivity contribution >= 4 is 23.2 Å². The number of nitrogens with one attached hydrogen (secondary N) is 1. The van der Waals surface area contributed by atoms with Crippen molar-refractivity contribution < 1.29 is 0 Å². The molecule has 106 valence electrons. The largest absolute Gasteiger partial charge is 0.326 e. The second kappa shape index (κ2) is 6.02. The molecule has 1 aromatic heterocycles. The maximum atomic E-state index is 6.24. The van der Waals surface area contributed by atoms with Crippen LogP contribution in [0.3, 0.4) is 0 Å². The fraction of sp³-hybridized carbons (Fsp3) is 0.118. The number of halogens is 1. The molecule has 3 rings (SSSR count). The van der Waals surface area contributed by atoms with Crippen molar-refractivity contribution in [2.45, 2.75) is 13.5 Å². The number of para-hydroxylation sites is 1. The first kappa shape index (κ1) is 13.7. The van der Waals surface area contributed by atoms with Crippen LogP contribution >= 0.6 is 11.6 Å². The van der Waals surface area contributed by atoms with Crippen LogP contribution in [0.15, 0.2) is 60.8 Å². The number of hydrogen-bond acceptors (Lipinski definition) is 2. The molecule has 0 aliphatic rings. The Balaban J connectivity index is 1.88. The molecule has 2 aromatic carbocycles. The number of rotatable bonds is 4. The summed E-state index contributed by atoms with van der Waals surface area (Å²) in [4.78, 5) is 4.54. The van der Waals surface area contributed by atoms with E-state index >= 15 is 0 Å². The third-order valence-corrected chi connectivity index (χ3v) is 3.59. The van der Waals surface area contributed by atoms with E-state index in [2.05, 4.69) is 14.9 Å². The van der Waals surface area contributed by atoms with Gasteiger partial charge in [-0.25, -0.2) is 4.98 Å². The van der Waals surface area contributed by atoms with Gasteiger partial charge in [0.25, 0.3) is 0 Å². The summed E-state index contributed by atoms with van der Waals surface area (Å²) in [5.41, 5.74) is 3.07. The highest BCUT2D eigenvalue weighted by atomic mass is 35.5. The molecular weight excluding hydrogens is 282 g/mol. The lowest BCUT2D eigenvalue weighted by molar-refractivity contribution is 0.807. The van der Waals surface area contributed by atoms with Crippen molar-refractivity contribution in [2.75, 3.05) is 5.32 Å². The summed E-state index contributed by atoms with van der Waals surface area (Å²) in [6.45, 7) is 2.68. The molecule has 0 amide bonds. The Labute approximate surface area is 129 Å². The highest BCUT2D eigenvalue weighted by molar-refractivity contribution is 6.31. The van der Waals surface area contributed by atoms with Gasteiger partial charge in [-0.3, -0.25) is 0 Å². The van der Waals surface area contributed by atoms with Crippen LogP contribution in [0, 0.1) is 6.92 Å². The van der Waals surface area contributed by atoms with Crippen LogP contribution in [0.2, 0.25) is 5.02 Å². The maximum absolute atomic E-state index is 6.24. The van der Waals surface area contributed by atoms with E-state index in [4.69, 9.17) is 11.6 Å². The Kier molecular flexibility index (Phi) is 3.93. The number of aryl methyl sites for hydroxylation is 1. The van der Waals surface area contributed by atoms with Gasteiger partial charge in [0.1, 0.15) is 0 Å². The van der Waals surface area contributed by atoms with Gasteiger partial charge < -0.3 is 9.88 Å². The Hall–Kier alpha value is -2.26. The minimum Gasteiger partial charge on any atom is -0.326 e. The van der Waals surface area contributed by atoms with E-state index in [9.17, 15) is 0 Å². The lowest BCUT2D eigenvalue weighted by Crippen LogP contribution is -2.04. The molecule has 0 radical (unpaired) electrons. The van der Waals surface area contributed by atoms with Crippen LogP contribution in [0.4, 0.5) is 11.6 Å². The number of anilines is 2. The van der Waals surface area contributed by atoms with Gasteiger partial charge in [-0.2, -0.15) is 0 Å². The summed E-state index contributed by atoms with van der Waals surface area (Å²) in [5.74, 6) is 0.818. The van der Waals surface area contributed by atoms with Gasteiger partial charge in [0.05, 0.1) is 12.2 Å². The molecule has 21 heavy (non-hydrogen) atoms. The molecule has 0 fully saturated rings. The lowest BCUT2D eigenvalue weighted by Gasteiger charge is -2.10. The van der Waals surface area contributed by atoms with E-state index in [-0.39, 0.29) is 0 Å². The van der Waals surface area contributed by atoms with Crippen molar-refractivity contribution in [3.05, 3.63) is 77.1 Å². The summed E-state index contributed by atoms with van der Waals surface area (Å²) in [6, 6.07) is 17.9. The summed E-state index contributed by atoms with van der Waals surface area (Å²) in [7, 11) is 0. The van der Waals surface area contributed by atoms with Crippen molar-refractivity contribution in [2.24, 2.45) is 0 Å². The topological polar surface area (TPSA) is 29.9 Å². The summed E-state index contributed by atoms with van der Waals surface area (Å²) < 4.78 is 2.07. The van der Waals surface area contributed by atoms with Crippen LogP contribution in [0.1, 0.15) is 11.3 Å². The van der Waals surface area contributed by atoms with E-state index in [0.29, 0.717) is 6.54 Å². The number of aromatic nitrogens is 2. The standard InChI is InChI=1S/C17H16ClN3/c1-13-11-21(12-14-7-5-6-10-16(14)18)17(19-13)20-15-8-3-2-4-9-15/h2-11H,12H2,1H3,(H,19,20). The summed E-state index contributed by atoms with van der Waals surface area (Å²) >= 11 is 6.24. The smallest absolute Gasteiger partial charge is 0.207 e.